The molecule has 0 spiro atoms. The van der Waals surface area contributed by atoms with Crippen molar-refractivity contribution in [2.75, 3.05) is 0 Å². The molecular weight excluding hydrogens is 238 g/mol. The highest BCUT2D eigenvalue weighted by atomic mass is 32.1. The lowest BCUT2D eigenvalue weighted by molar-refractivity contribution is -0.131. The zero-order chi connectivity index (χ0) is 13.2. The molecule has 96 valence electrons. The first-order chi connectivity index (χ1) is 7.75. The third kappa shape index (κ3) is 3.66. The fraction of sp³-hybridized carbons (Fsp3) is 0.727. The van der Waals surface area contributed by atoms with E-state index in [0.29, 0.717) is 0 Å². The van der Waals surface area contributed by atoms with Gasteiger partial charge in [-0.15, -0.1) is 0 Å². The normalized spacial score (nSPS) is 17.1. The highest BCUT2D eigenvalue weighted by Crippen LogP contribution is 2.19. The monoisotopic (exact) mass is 257 g/mol. The molecule has 1 unspecified atom stereocenters. The van der Waals surface area contributed by atoms with Gasteiger partial charge in [-0.1, -0.05) is 12.2 Å². The highest BCUT2D eigenvalue weighted by molar-refractivity contribution is 7.80. The van der Waals surface area contributed by atoms with Gasteiger partial charge in [0.05, 0.1) is 10.4 Å². The third-order valence-electron chi connectivity index (χ3n) is 2.85. The molecule has 0 aromatic heterocycles. The molecule has 1 atom stereocenters. The standard InChI is InChI=1S/C11H19N3O2S/c1-6(8(15)14-7-4-5-7)13-10(16)11(2,3)9(12)17/h6-7H,4-5H2,1-3H3,(H2,12,17)(H,13,16)(H,14,15). The minimum Gasteiger partial charge on any atom is -0.392 e. The number of rotatable bonds is 5. The Morgan fingerprint density at radius 2 is 1.94 bits per heavy atom. The molecule has 1 rings (SSSR count). The Kier molecular flexibility index (Phi) is 4.08. The van der Waals surface area contributed by atoms with Gasteiger partial charge in [0, 0.05) is 6.04 Å². The van der Waals surface area contributed by atoms with Crippen molar-refractivity contribution < 1.29 is 9.59 Å². The predicted octanol–water partition coefficient (Wildman–Crippen LogP) is 0.0820. The second kappa shape index (κ2) is 5.00. The molecule has 6 heteroatoms. The smallest absolute Gasteiger partial charge is 0.242 e. The van der Waals surface area contributed by atoms with Crippen LogP contribution >= 0.6 is 12.2 Å². The Hall–Kier alpha value is -1.17. The van der Waals surface area contributed by atoms with E-state index in [0.717, 1.165) is 12.8 Å². The minimum atomic E-state index is -0.941. The van der Waals surface area contributed by atoms with E-state index in [9.17, 15) is 9.59 Å². The highest BCUT2D eigenvalue weighted by Gasteiger charge is 2.33. The molecule has 1 aliphatic rings. The van der Waals surface area contributed by atoms with Gasteiger partial charge in [-0.2, -0.15) is 0 Å². The Morgan fingerprint density at radius 3 is 2.35 bits per heavy atom. The number of thiocarbonyl (C=S) groups is 1. The molecule has 0 radical (unpaired) electrons. The van der Waals surface area contributed by atoms with Crippen LogP contribution in [0.15, 0.2) is 0 Å². The van der Waals surface area contributed by atoms with E-state index < -0.39 is 11.5 Å². The Balaban J connectivity index is 2.49. The van der Waals surface area contributed by atoms with Crippen molar-refractivity contribution in [3.05, 3.63) is 0 Å². The average molecular weight is 257 g/mol. The van der Waals surface area contributed by atoms with Crippen molar-refractivity contribution in [3.8, 4) is 0 Å². The van der Waals surface area contributed by atoms with Gasteiger partial charge in [0.2, 0.25) is 11.8 Å². The lowest BCUT2D eigenvalue weighted by atomic mass is 9.92. The molecule has 0 saturated heterocycles. The number of hydrogen-bond acceptors (Lipinski definition) is 3. The van der Waals surface area contributed by atoms with Crippen LogP contribution < -0.4 is 16.4 Å². The van der Waals surface area contributed by atoms with E-state index in [4.69, 9.17) is 18.0 Å². The van der Waals surface area contributed by atoms with E-state index in [1.165, 1.54) is 0 Å². The molecular formula is C11H19N3O2S. The number of carbonyl (C=O) groups is 2. The van der Waals surface area contributed by atoms with Crippen molar-refractivity contribution in [1.29, 1.82) is 0 Å². The minimum absolute atomic E-state index is 0.116. The van der Waals surface area contributed by atoms with Crippen LogP contribution in [-0.4, -0.2) is 28.9 Å². The SMILES string of the molecule is CC(NC(=O)C(C)(C)C(N)=S)C(=O)NC1CC1. The van der Waals surface area contributed by atoms with Crippen LogP contribution in [0.25, 0.3) is 0 Å². The van der Waals surface area contributed by atoms with Crippen molar-refractivity contribution in [1.82, 2.24) is 10.6 Å². The molecule has 0 aromatic carbocycles. The summed E-state index contributed by atoms with van der Waals surface area (Å²) in [4.78, 5) is 23.6. The van der Waals surface area contributed by atoms with Crippen molar-refractivity contribution >= 4 is 29.0 Å². The first-order valence-electron chi connectivity index (χ1n) is 5.66. The maximum Gasteiger partial charge on any atom is 0.242 e. The molecule has 0 aliphatic heterocycles. The van der Waals surface area contributed by atoms with Crippen LogP contribution in [0.3, 0.4) is 0 Å². The molecule has 0 aromatic rings. The van der Waals surface area contributed by atoms with Gasteiger partial charge in [-0.3, -0.25) is 9.59 Å². The van der Waals surface area contributed by atoms with Crippen molar-refractivity contribution in [2.24, 2.45) is 11.1 Å². The summed E-state index contributed by atoms with van der Waals surface area (Å²) in [7, 11) is 0. The van der Waals surface area contributed by atoms with Gasteiger partial charge in [0.15, 0.2) is 0 Å². The van der Waals surface area contributed by atoms with E-state index in [1.54, 1.807) is 20.8 Å². The Labute approximate surface area is 107 Å². The number of amides is 2. The first kappa shape index (κ1) is 13.9. The van der Waals surface area contributed by atoms with E-state index in [2.05, 4.69) is 10.6 Å². The van der Waals surface area contributed by atoms with Gasteiger partial charge in [0.25, 0.3) is 0 Å². The van der Waals surface area contributed by atoms with E-state index in [1.807, 2.05) is 0 Å². The van der Waals surface area contributed by atoms with Gasteiger partial charge < -0.3 is 16.4 Å². The van der Waals surface area contributed by atoms with Crippen LogP contribution in [0.5, 0.6) is 0 Å². The molecule has 17 heavy (non-hydrogen) atoms. The zero-order valence-electron chi connectivity index (χ0n) is 10.4. The fourth-order valence-electron chi connectivity index (χ4n) is 1.11. The van der Waals surface area contributed by atoms with Crippen molar-refractivity contribution in [3.63, 3.8) is 0 Å². The summed E-state index contributed by atoms with van der Waals surface area (Å²) in [6.07, 6.45) is 2.04. The number of nitrogens with two attached hydrogens (primary N) is 1. The maximum atomic E-state index is 11.9. The summed E-state index contributed by atoms with van der Waals surface area (Å²) in [5.74, 6) is -0.497. The van der Waals surface area contributed by atoms with Crippen LogP contribution in [0.4, 0.5) is 0 Å². The quantitative estimate of drug-likeness (QED) is 0.609. The average Bonchev–Trinajstić information content (AvgIpc) is 3.00. The molecule has 0 bridgehead atoms. The van der Waals surface area contributed by atoms with E-state index in [-0.39, 0.29) is 22.8 Å². The summed E-state index contributed by atoms with van der Waals surface area (Å²) < 4.78 is 0. The Bertz CT molecular complexity index is 351. The number of nitrogens with one attached hydrogen (secondary N) is 2. The van der Waals surface area contributed by atoms with Gasteiger partial charge >= 0.3 is 0 Å². The summed E-state index contributed by atoms with van der Waals surface area (Å²) in [5, 5.41) is 5.44. The lowest BCUT2D eigenvalue weighted by Crippen LogP contribution is -2.52. The third-order valence-corrected chi connectivity index (χ3v) is 3.36. The largest absolute Gasteiger partial charge is 0.392 e. The van der Waals surface area contributed by atoms with Gasteiger partial charge in [-0.05, 0) is 33.6 Å². The molecule has 1 aliphatic carbocycles. The molecule has 1 fully saturated rings. The topological polar surface area (TPSA) is 84.2 Å². The van der Waals surface area contributed by atoms with Crippen LogP contribution in [-0.2, 0) is 9.59 Å². The second-order valence-electron chi connectivity index (χ2n) is 4.97. The summed E-state index contributed by atoms with van der Waals surface area (Å²) in [6.45, 7) is 4.91. The Morgan fingerprint density at radius 1 is 1.41 bits per heavy atom. The fourth-order valence-corrected chi connectivity index (χ4v) is 1.20. The van der Waals surface area contributed by atoms with Gasteiger partial charge in [0.1, 0.15) is 6.04 Å². The first-order valence-corrected chi connectivity index (χ1v) is 6.07. The summed E-state index contributed by atoms with van der Waals surface area (Å²) in [5.41, 5.74) is 4.54. The van der Waals surface area contributed by atoms with Crippen LogP contribution in [0, 0.1) is 5.41 Å². The predicted molar refractivity (Wildman–Crippen MR) is 69.3 cm³/mol. The van der Waals surface area contributed by atoms with E-state index >= 15 is 0 Å². The summed E-state index contributed by atoms with van der Waals surface area (Å²) in [6, 6.07) is -0.290. The lowest BCUT2D eigenvalue weighted by Gasteiger charge is -2.24. The maximum absolute atomic E-state index is 11.9. The van der Waals surface area contributed by atoms with Crippen LogP contribution in [0.2, 0.25) is 0 Å². The molecule has 5 nitrogen and oxygen atoms in total. The van der Waals surface area contributed by atoms with Crippen LogP contribution in [0.1, 0.15) is 33.6 Å². The molecule has 4 N–H and O–H groups in total. The molecule has 1 saturated carbocycles. The second-order valence-corrected chi connectivity index (χ2v) is 5.41. The number of hydrogen-bond donors (Lipinski definition) is 3. The van der Waals surface area contributed by atoms with Gasteiger partial charge in [-0.25, -0.2) is 0 Å². The zero-order valence-corrected chi connectivity index (χ0v) is 11.2. The number of carbonyl (C=O) groups excluding carboxylic acids is 2. The molecule has 2 amide bonds. The van der Waals surface area contributed by atoms with Crippen molar-refractivity contribution in [2.45, 2.75) is 45.7 Å². The molecule has 0 heterocycles. The summed E-state index contributed by atoms with van der Waals surface area (Å²) >= 11 is 4.82.